The van der Waals surface area contributed by atoms with E-state index in [1.54, 1.807) is 29.5 Å². The van der Waals surface area contributed by atoms with Gasteiger partial charge in [0.25, 0.3) is 5.91 Å². The van der Waals surface area contributed by atoms with Crippen molar-refractivity contribution in [2.75, 3.05) is 6.54 Å². The molecule has 104 valence electrons. The van der Waals surface area contributed by atoms with Crippen molar-refractivity contribution in [2.24, 2.45) is 0 Å². The average Bonchev–Trinajstić information content (AvgIpc) is 2.91. The number of benzene rings is 1. The van der Waals surface area contributed by atoms with Gasteiger partial charge in [-0.1, -0.05) is 11.6 Å². The minimum absolute atomic E-state index is 0.0618. The van der Waals surface area contributed by atoms with Crippen LogP contribution in [0.4, 0.5) is 0 Å². The first-order valence-electron chi connectivity index (χ1n) is 6.40. The topological polar surface area (TPSA) is 20.3 Å². The molecule has 0 aliphatic carbocycles. The van der Waals surface area contributed by atoms with Crippen molar-refractivity contribution < 1.29 is 4.79 Å². The predicted octanol–water partition coefficient (Wildman–Crippen LogP) is 4.92. The summed E-state index contributed by atoms with van der Waals surface area (Å²) in [7, 11) is 0. The number of amides is 1. The van der Waals surface area contributed by atoms with Crippen molar-refractivity contribution in [3.63, 3.8) is 0 Å². The Balaban J connectivity index is 1.90. The number of nitrogens with zero attached hydrogens (tertiary/aromatic N) is 1. The minimum Gasteiger partial charge on any atom is -0.331 e. The number of halogens is 2. The second-order valence-corrected chi connectivity index (χ2v) is 7.11. The normalized spacial score (nSPS) is 17.9. The highest BCUT2D eigenvalue weighted by molar-refractivity contribution is 9.10. The molecule has 0 saturated heterocycles. The van der Waals surface area contributed by atoms with Crippen LogP contribution < -0.4 is 0 Å². The Morgan fingerprint density at radius 3 is 3.00 bits per heavy atom. The molecule has 1 aromatic carbocycles. The van der Waals surface area contributed by atoms with E-state index >= 15 is 0 Å². The van der Waals surface area contributed by atoms with Crippen molar-refractivity contribution in [1.29, 1.82) is 0 Å². The van der Waals surface area contributed by atoms with E-state index in [4.69, 9.17) is 11.6 Å². The van der Waals surface area contributed by atoms with Gasteiger partial charge in [-0.15, -0.1) is 11.3 Å². The van der Waals surface area contributed by atoms with E-state index in [-0.39, 0.29) is 11.9 Å². The highest BCUT2D eigenvalue weighted by Crippen LogP contribution is 2.34. The van der Waals surface area contributed by atoms with Crippen LogP contribution in [0.15, 0.2) is 34.1 Å². The summed E-state index contributed by atoms with van der Waals surface area (Å²) < 4.78 is 0.755. The van der Waals surface area contributed by atoms with E-state index in [1.807, 2.05) is 4.90 Å². The van der Waals surface area contributed by atoms with Gasteiger partial charge in [0, 0.05) is 21.5 Å². The molecule has 1 aliphatic rings. The summed E-state index contributed by atoms with van der Waals surface area (Å²) >= 11 is 11.1. The van der Waals surface area contributed by atoms with Gasteiger partial charge in [0.1, 0.15) is 0 Å². The predicted molar refractivity (Wildman–Crippen MR) is 86.6 cm³/mol. The first kappa shape index (κ1) is 14.1. The molecule has 0 saturated carbocycles. The molecular weight excluding hydrogens is 358 g/mol. The summed E-state index contributed by atoms with van der Waals surface area (Å²) in [5, 5.41) is 2.72. The number of carbonyl (C=O) groups is 1. The highest BCUT2D eigenvalue weighted by Gasteiger charge is 2.29. The van der Waals surface area contributed by atoms with E-state index in [0.717, 1.165) is 17.4 Å². The molecule has 1 aromatic heterocycles. The van der Waals surface area contributed by atoms with Gasteiger partial charge in [-0.3, -0.25) is 4.79 Å². The Labute approximate surface area is 135 Å². The molecular formula is C15H13BrClNOS. The molecule has 3 rings (SSSR count). The van der Waals surface area contributed by atoms with Crippen LogP contribution in [-0.4, -0.2) is 17.4 Å². The van der Waals surface area contributed by atoms with Gasteiger partial charge in [-0.05, 0) is 64.5 Å². The monoisotopic (exact) mass is 369 g/mol. The molecule has 2 aromatic rings. The van der Waals surface area contributed by atoms with Crippen molar-refractivity contribution in [1.82, 2.24) is 4.90 Å². The van der Waals surface area contributed by atoms with Gasteiger partial charge in [0.05, 0.1) is 11.1 Å². The summed E-state index contributed by atoms with van der Waals surface area (Å²) in [5.41, 5.74) is 1.95. The van der Waals surface area contributed by atoms with E-state index in [9.17, 15) is 4.79 Å². The van der Waals surface area contributed by atoms with Crippen molar-refractivity contribution in [3.05, 3.63) is 55.1 Å². The first-order valence-corrected chi connectivity index (χ1v) is 8.45. The van der Waals surface area contributed by atoms with Gasteiger partial charge in [-0.2, -0.15) is 0 Å². The molecule has 1 unspecified atom stereocenters. The number of carbonyl (C=O) groups excluding carboxylic acids is 1. The number of rotatable bonds is 1. The summed E-state index contributed by atoms with van der Waals surface area (Å²) in [5.74, 6) is 0.0618. The van der Waals surface area contributed by atoms with Crippen LogP contribution in [-0.2, 0) is 6.42 Å². The molecule has 0 fully saturated rings. The zero-order valence-corrected chi connectivity index (χ0v) is 14.1. The van der Waals surface area contributed by atoms with Gasteiger partial charge in [-0.25, -0.2) is 0 Å². The quantitative estimate of drug-likeness (QED) is 0.697. The number of thiophene rings is 1. The fraction of sp³-hybridized carbons (Fsp3) is 0.267. The third-order valence-corrected chi connectivity index (χ3v) is 5.92. The van der Waals surface area contributed by atoms with Gasteiger partial charge < -0.3 is 4.90 Å². The lowest BCUT2D eigenvalue weighted by molar-refractivity contribution is 0.0679. The summed E-state index contributed by atoms with van der Waals surface area (Å²) in [6.07, 6.45) is 0.942. The van der Waals surface area contributed by atoms with Crippen LogP contribution in [0, 0.1) is 0 Å². The maximum Gasteiger partial charge on any atom is 0.254 e. The first-order chi connectivity index (χ1) is 9.58. The number of fused-ring (bicyclic) bond motifs is 1. The maximum atomic E-state index is 12.7. The molecule has 1 aliphatic heterocycles. The lowest BCUT2D eigenvalue weighted by atomic mass is 10.0. The number of hydrogen-bond acceptors (Lipinski definition) is 2. The number of hydrogen-bond donors (Lipinski definition) is 0. The Morgan fingerprint density at radius 2 is 2.25 bits per heavy atom. The van der Waals surface area contributed by atoms with Crippen LogP contribution in [0.5, 0.6) is 0 Å². The van der Waals surface area contributed by atoms with Crippen LogP contribution in [0.3, 0.4) is 0 Å². The van der Waals surface area contributed by atoms with Crippen molar-refractivity contribution >= 4 is 44.8 Å². The van der Waals surface area contributed by atoms with Gasteiger partial charge in [0.15, 0.2) is 0 Å². The molecule has 2 heterocycles. The Kier molecular flexibility index (Phi) is 3.89. The molecule has 2 nitrogen and oxygen atoms in total. The summed E-state index contributed by atoms with van der Waals surface area (Å²) in [4.78, 5) is 16.0. The standard InChI is InChI=1S/C15H13BrClNOS/c1-9-11-5-7-20-14(11)4-6-18(9)15(19)10-2-3-13(17)12(16)8-10/h2-3,5,7-9H,4,6H2,1H3. The second kappa shape index (κ2) is 5.51. The molecule has 1 atom stereocenters. The lowest BCUT2D eigenvalue weighted by Crippen LogP contribution is -2.38. The third-order valence-electron chi connectivity index (χ3n) is 3.70. The average molecular weight is 371 g/mol. The molecule has 5 heteroatoms. The molecule has 0 bridgehead atoms. The largest absolute Gasteiger partial charge is 0.331 e. The fourth-order valence-electron chi connectivity index (χ4n) is 2.58. The second-order valence-electron chi connectivity index (χ2n) is 4.85. The zero-order chi connectivity index (χ0) is 14.3. The van der Waals surface area contributed by atoms with Crippen molar-refractivity contribution in [3.8, 4) is 0 Å². The van der Waals surface area contributed by atoms with Gasteiger partial charge in [0.2, 0.25) is 0 Å². The Bertz CT molecular complexity index is 670. The molecule has 0 N–H and O–H groups in total. The molecule has 0 radical (unpaired) electrons. The van der Waals surface area contributed by atoms with E-state index in [0.29, 0.717) is 10.6 Å². The van der Waals surface area contributed by atoms with Crippen LogP contribution >= 0.6 is 38.9 Å². The molecule has 1 amide bonds. The minimum atomic E-state index is 0.0618. The smallest absolute Gasteiger partial charge is 0.254 e. The Morgan fingerprint density at radius 1 is 1.45 bits per heavy atom. The fourth-order valence-corrected chi connectivity index (χ4v) is 4.04. The van der Waals surface area contributed by atoms with Crippen LogP contribution in [0.25, 0.3) is 0 Å². The summed E-state index contributed by atoms with van der Waals surface area (Å²) in [6, 6.07) is 7.59. The Hall–Kier alpha value is -0.840. The van der Waals surface area contributed by atoms with Crippen molar-refractivity contribution in [2.45, 2.75) is 19.4 Å². The summed E-state index contributed by atoms with van der Waals surface area (Å²) in [6.45, 7) is 2.86. The van der Waals surface area contributed by atoms with E-state index in [1.165, 1.54) is 10.4 Å². The van der Waals surface area contributed by atoms with Crippen LogP contribution in [0.1, 0.15) is 33.8 Å². The maximum absolute atomic E-state index is 12.7. The SMILES string of the molecule is CC1c2ccsc2CCN1C(=O)c1ccc(Cl)c(Br)c1. The third kappa shape index (κ3) is 2.41. The van der Waals surface area contributed by atoms with E-state index in [2.05, 4.69) is 34.3 Å². The van der Waals surface area contributed by atoms with Crippen LogP contribution in [0.2, 0.25) is 5.02 Å². The molecule has 20 heavy (non-hydrogen) atoms. The zero-order valence-electron chi connectivity index (χ0n) is 10.9. The molecule has 0 spiro atoms. The van der Waals surface area contributed by atoms with Gasteiger partial charge >= 0.3 is 0 Å². The highest BCUT2D eigenvalue weighted by atomic mass is 79.9. The van der Waals surface area contributed by atoms with E-state index < -0.39 is 0 Å². The lowest BCUT2D eigenvalue weighted by Gasteiger charge is -2.33.